The van der Waals surface area contributed by atoms with Gasteiger partial charge in [0.15, 0.2) is 0 Å². The lowest BCUT2D eigenvalue weighted by atomic mass is 10.1. The molecule has 0 aliphatic heterocycles. The quantitative estimate of drug-likeness (QED) is 0.514. The van der Waals surface area contributed by atoms with Gasteiger partial charge >= 0.3 is 6.18 Å². The van der Waals surface area contributed by atoms with Gasteiger partial charge in [-0.05, 0) is 49.2 Å². The number of nitrogens with zero attached hydrogens (tertiary/aromatic N) is 3. The average Bonchev–Trinajstić information content (AvgIpc) is 3.18. The van der Waals surface area contributed by atoms with Crippen LogP contribution in [0.25, 0.3) is 0 Å². The highest BCUT2D eigenvalue weighted by Gasteiger charge is 2.30. The SMILES string of the molecule is Cc1ccccc1CN(CC(O)COc1ccc(C(F)(F)F)cc1)C(C)c1cncn1C. The maximum atomic E-state index is 12.7. The lowest BCUT2D eigenvalue weighted by molar-refractivity contribution is -0.137. The Hall–Kier alpha value is -2.84. The Balaban J connectivity index is 1.68. The zero-order valence-electron chi connectivity index (χ0n) is 18.4. The van der Waals surface area contributed by atoms with E-state index >= 15 is 0 Å². The van der Waals surface area contributed by atoms with Gasteiger partial charge in [-0.25, -0.2) is 4.98 Å². The van der Waals surface area contributed by atoms with Crippen molar-refractivity contribution in [3.63, 3.8) is 0 Å². The van der Waals surface area contributed by atoms with E-state index in [2.05, 4.69) is 22.9 Å². The Bertz CT molecular complexity index is 1000. The molecule has 8 heteroatoms. The van der Waals surface area contributed by atoms with Gasteiger partial charge < -0.3 is 14.4 Å². The fourth-order valence-corrected chi connectivity index (χ4v) is 3.58. The second kappa shape index (κ2) is 10.2. The number of aryl methyl sites for hydroxylation is 2. The topological polar surface area (TPSA) is 50.5 Å². The Morgan fingerprint density at radius 2 is 1.81 bits per heavy atom. The summed E-state index contributed by atoms with van der Waals surface area (Å²) >= 11 is 0. The molecule has 0 radical (unpaired) electrons. The van der Waals surface area contributed by atoms with Crippen molar-refractivity contribution in [3.05, 3.63) is 83.4 Å². The number of halogens is 3. The summed E-state index contributed by atoms with van der Waals surface area (Å²) in [7, 11) is 1.93. The van der Waals surface area contributed by atoms with Crippen molar-refractivity contribution in [2.75, 3.05) is 13.2 Å². The van der Waals surface area contributed by atoms with Gasteiger partial charge in [0.2, 0.25) is 0 Å². The molecule has 172 valence electrons. The first-order valence-electron chi connectivity index (χ1n) is 10.4. The number of ether oxygens (including phenoxy) is 1. The number of aliphatic hydroxyl groups is 1. The molecule has 0 fully saturated rings. The van der Waals surface area contributed by atoms with E-state index in [0.29, 0.717) is 13.1 Å². The summed E-state index contributed by atoms with van der Waals surface area (Å²) in [5, 5.41) is 10.7. The molecule has 0 amide bonds. The van der Waals surface area contributed by atoms with Crippen molar-refractivity contribution >= 4 is 0 Å². The number of benzene rings is 2. The molecule has 1 heterocycles. The largest absolute Gasteiger partial charge is 0.491 e. The standard InChI is InChI=1S/C24H28F3N3O2/c1-17-6-4-5-7-19(17)13-30(18(2)23-12-28-16-29(23)3)14-21(31)15-32-22-10-8-20(9-11-22)24(25,26)27/h4-12,16,18,21,31H,13-15H2,1-3H3. The van der Waals surface area contributed by atoms with Crippen LogP contribution in [0.1, 0.15) is 35.3 Å². The minimum atomic E-state index is -4.39. The van der Waals surface area contributed by atoms with Gasteiger partial charge in [-0.2, -0.15) is 13.2 Å². The smallest absolute Gasteiger partial charge is 0.416 e. The molecule has 0 saturated carbocycles. The minimum absolute atomic E-state index is 0.0252. The third kappa shape index (κ3) is 6.11. The lowest BCUT2D eigenvalue weighted by Gasteiger charge is -2.31. The van der Waals surface area contributed by atoms with Crippen LogP contribution in [0.3, 0.4) is 0 Å². The third-order valence-electron chi connectivity index (χ3n) is 5.53. The van der Waals surface area contributed by atoms with Crippen LogP contribution in [0.15, 0.2) is 61.1 Å². The number of imidazole rings is 1. The van der Waals surface area contributed by atoms with Crippen molar-refractivity contribution in [2.24, 2.45) is 7.05 Å². The van der Waals surface area contributed by atoms with E-state index in [9.17, 15) is 18.3 Å². The summed E-state index contributed by atoms with van der Waals surface area (Å²) in [6, 6.07) is 12.5. The maximum Gasteiger partial charge on any atom is 0.416 e. The van der Waals surface area contributed by atoms with Crippen LogP contribution in [0.2, 0.25) is 0 Å². The number of aliphatic hydroxyl groups excluding tert-OH is 1. The second-order valence-corrected chi connectivity index (χ2v) is 7.95. The fourth-order valence-electron chi connectivity index (χ4n) is 3.58. The van der Waals surface area contributed by atoms with E-state index in [0.717, 1.165) is 29.0 Å². The first-order chi connectivity index (χ1) is 15.1. The Labute approximate surface area is 186 Å². The molecule has 0 saturated heterocycles. The highest BCUT2D eigenvalue weighted by atomic mass is 19.4. The molecular weight excluding hydrogens is 419 g/mol. The summed E-state index contributed by atoms with van der Waals surface area (Å²) < 4.78 is 45.6. The predicted octanol–water partition coefficient (Wildman–Crippen LogP) is 4.75. The van der Waals surface area contributed by atoms with E-state index in [4.69, 9.17) is 4.74 Å². The van der Waals surface area contributed by atoms with Gasteiger partial charge in [-0.1, -0.05) is 24.3 Å². The zero-order chi connectivity index (χ0) is 23.3. The van der Waals surface area contributed by atoms with Crippen LogP contribution >= 0.6 is 0 Å². The van der Waals surface area contributed by atoms with Gasteiger partial charge in [-0.15, -0.1) is 0 Å². The van der Waals surface area contributed by atoms with Crippen LogP contribution in [-0.4, -0.2) is 38.8 Å². The van der Waals surface area contributed by atoms with Crippen molar-refractivity contribution in [1.29, 1.82) is 0 Å². The zero-order valence-corrected chi connectivity index (χ0v) is 18.4. The van der Waals surface area contributed by atoms with Crippen LogP contribution in [0.5, 0.6) is 5.75 Å². The van der Waals surface area contributed by atoms with Crippen LogP contribution in [-0.2, 0) is 19.8 Å². The first-order valence-corrected chi connectivity index (χ1v) is 10.4. The molecule has 0 bridgehead atoms. The second-order valence-electron chi connectivity index (χ2n) is 7.95. The maximum absolute atomic E-state index is 12.7. The molecule has 32 heavy (non-hydrogen) atoms. The first kappa shape index (κ1) is 23.8. The molecule has 3 rings (SSSR count). The fraction of sp³-hybridized carbons (Fsp3) is 0.375. The molecule has 5 nitrogen and oxygen atoms in total. The van der Waals surface area contributed by atoms with E-state index in [1.807, 2.05) is 36.7 Å². The summed E-state index contributed by atoms with van der Waals surface area (Å²) in [6.45, 7) is 5.01. The molecule has 1 N–H and O–H groups in total. The van der Waals surface area contributed by atoms with Gasteiger partial charge in [0.1, 0.15) is 18.5 Å². The average molecular weight is 448 g/mol. The molecule has 2 atom stereocenters. The third-order valence-corrected chi connectivity index (χ3v) is 5.53. The van der Waals surface area contributed by atoms with Crippen molar-refractivity contribution in [1.82, 2.24) is 14.5 Å². The van der Waals surface area contributed by atoms with Gasteiger partial charge in [0.25, 0.3) is 0 Å². The number of hydrogen-bond acceptors (Lipinski definition) is 4. The highest BCUT2D eigenvalue weighted by Crippen LogP contribution is 2.30. The molecule has 0 aliphatic carbocycles. The summed E-state index contributed by atoms with van der Waals surface area (Å²) in [6.07, 6.45) is -1.68. The minimum Gasteiger partial charge on any atom is -0.491 e. The van der Waals surface area contributed by atoms with Crippen molar-refractivity contribution in [3.8, 4) is 5.75 Å². The number of alkyl halides is 3. The van der Waals surface area contributed by atoms with E-state index in [1.165, 1.54) is 12.1 Å². The van der Waals surface area contributed by atoms with Gasteiger partial charge in [0, 0.05) is 32.4 Å². The Morgan fingerprint density at radius 1 is 1.12 bits per heavy atom. The van der Waals surface area contributed by atoms with Crippen LogP contribution in [0, 0.1) is 6.92 Å². The number of hydrogen-bond donors (Lipinski definition) is 1. The Kier molecular flexibility index (Phi) is 7.58. The molecule has 2 unspecified atom stereocenters. The van der Waals surface area contributed by atoms with E-state index in [1.54, 1.807) is 12.5 Å². The summed E-state index contributed by atoms with van der Waals surface area (Å²) in [5.74, 6) is 0.280. The Morgan fingerprint density at radius 3 is 2.41 bits per heavy atom. The lowest BCUT2D eigenvalue weighted by Crippen LogP contribution is -2.37. The van der Waals surface area contributed by atoms with Crippen molar-refractivity contribution < 1.29 is 23.0 Å². The van der Waals surface area contributed by atoms with Gasteiger partial charge in [-0.3, -0.25) is 4.90 Å². The molecule has 1 aromatic heterocycles. The predicted molar refractivity (Wildman–Crippen MR) is 116 cm³/mol. The van der Waals surface area contributed by atoms with Crippen molar-refractivity contribution in [2.45, 2.75) is 38.7 Å². The number of aromatic nitrogens is 2. The highest BCUT2D eigenvalue weighted by molar-refractivity contribution is 5.29. The van der Waals surface area contributed by atoms with E-state index in [-0.39, 0.29) is 18.4 Å². The number of rotatable bonds is 9. The molecule has 0 spiro atoms. The molecule has 3 aromatic rings. The van der Waals surface area contributed by atoms with Crippen LogP contribution < -0.4 is 4.74 Å². The molecule has 0 aliphatic rings. The normalized spacial score (nSPS) is 13.9. The van der Waals surface area contributed by atoms with Gasteiger partial charge in [0.05, 0.1) is 17.6 Å². The van der Waals surface area contributed by atoms with Crippen LogP contribution in [0.4, 0.5) is 13.2 Å². The van der Waals surface area contributed by atoms with E-state index < -0.39 is 17.8 Å². The summed E-state index contributed by atoms with van der Waals surface area (Å²) in [5.41, 5.74) is 2.58. The molecule has 2 aromatic carbocycles. The monoisotopic (exact) mass is 447 g/mol. The summed E-state index contributed by atoms with van der Waals surface area (Å²) in [4.78, 5) is 6.34. The molecular formula is C24H28F3N3O2.